The zero-order valence-corrected chi connectivity index (χ0v) is 12.0. The van der Waals surface area contributed by atoms with Crippen molar-refractivity contribution in [3.8, 4) is 0 Å². The zero-order chi connectivity index (χ0) is 12.7. The molecule has 1 atom stereocenters. The molecule has 98 valence electrons. The second-order valence-corrected chi connectivity index (χ2v) is 6.53. The molecule has 2 nitrogen and oxygen atoms in total. The number of hydrogen-bond donors (Lipinski definition) is 2. The van der Waals surface area contributed by atoms with Crippen molar-refractivity contribution in [3.05, 3.63) is 22.4 Å². The number of hydrogen-bond acceptors (Lipinski definition) is 3. The Balaban J connectivity index is 2.44. The molecule has 0 saturated heterocycles. The second-order valence-electron chi connectivity index (χ2n) is 5.55. The summed E-state index contributed by atoms with van der Waals surface area (Å²) in [6.45, 7) is 8.17. The summed E-state index contributed by atoms with van der Waals surface area (Å²) in [6, 6.07) is 4.75. The van der Waals surface area contributed by atoms with Crippen LogP contribution in [0.25, 0.3) is 0 Å². The third-order valence-corrected chi connectivity index (χ3v) is 3.81. The van der Waals surface area contributed by atoms with Gasteiger partial charge in [-0.2, -0.15) is 0 Å². The Labute approximate surface area is 109 Å². The van der Waals surface area contributed by atoms with E-state index in [4.69, 9.17) is 5.11 Å². The summed E-state index contributed by atoms with van der Waals surface area (Å²) in [5.74, 6) is 0. The van der Waals surface area contributed by atoms with E-state index in [0.717, 1.165) is 25.8 Å². The quantitative estimate of drug-likeness (QED) is 0.730. The average molecular weight is 255 g/mol. The Morgan fingerprint density at radius 3 is 2.59 bits per heavy atom. The van der Waals surface area contributed by atoms with Crippen LogP contribution in [0.1, 0.15) is 51.0 Å². The van der Waals surface area contributed by atoms with E-state index in [9.17, 15) is 0 Å². The van der Waals surface area contributed by atoms with Gasteiger partial charge >= 0.3 is 0 Å². The minimum absolute atomic E-state index is 0.238. The molecule has 0 bridgehead atoms. The van der Waals surface area contributed by atoms with Gasteiger partial charge in [-0.1, -0.05) is 26.8 Å². The van der Waals surface area contributed by atoms with Gasteiger partial charge in [-0.3, -0.25) is 0 Å². The molecule has 2 N–H and O–H groups in total. The molecule has 1 aromatic rings. The van der Waals surface area contributed by atoms with Crippen LogP contribution in [0.5, 0.6) is 0 Å². The van der Waals surface area contributed by atoms with Crippen LogP contribution in [0.4, 0.5) is 0 Å². The van der Waals surface area contributed by atoms with Gasteiger partial charge in [-0.25, -0.2) is 0 Å². The molecule has 0 amide bonds. The Morgan fingerprint density at radius 1 is 1.29 bits per heavy atom. The molecule has 17 heavy (non-hydrogen) atoms. The van der Waals surface area contributed by atoms with Crippen molar-refractivity contribution in [1.29, 1.82) is 0 Å². The maximum absolute atomic E-state index is 8.74. The molecule has 3 heteroatoms. The third-order valence-electron chi connectivity index (χ3n) is 2.88. The molecular formula is C14H25NOS. The van der Waals surface area contributed by atoms with Crippen LogP contribution in [0, 0.1) is 5.41 Å². The predicted octanol–water partition coefficient (Wildman–Crippen LogP) is 3.59. The van der Waals surface area contributed by atoms with E-state index in [1.807, 2.05) is 11.3 Å². The molecule has 0 saturated carbocycles. The number of thiophene rings is 1. The van der Waals surface area contributed by atoms with Crippen molar-refractivity contribution in [3.63, 3.8) is 0 Å². The van der Waals surface area contributed by atoms with Crippen LogP contribution in [0.2, 0.25) is 0 Å². The Bertz CT molecular complexity index is 290. The van der Waals surface area contributed by atoms with Gasteiger partial charge in [0, 0.05) is 17.5 Å². The van der Waals surface area contributed by atoms with Crippen LogP contribution in [0.15, 0.2) is 17.5 Å². The third kappa shape index (κ3) is 5.19. The molecule has 0 aliphatic heterocycles. The Morgan fingerprint density at radius 2 is 2.06 bits per heavy atom. The fraction of sp³-hybridized carbons (Fsp3) is 0.714. The highest BCUT2D eigenvalue weighted by molar-refractivity contribution is 7.10. The van der Waals surface area contributed by atoms with Crippen LogP contribution < -0.4 is 5.32 Å². The molecule has 1 rings (SSSR count). The van der Waals surface area contributed by atoms with Crippen LogP contribution in [0.3, 0.4) is 0 Å². The van der Waals surface area contributed by atoms with Crippen molar-refractivity contribution in [2.24, 2.45) is 5.41 Å². The van der Waals surface area contributed by atoms with E-state index >= 15 is 0 Å². The normalized spacial score (nSPS) is 13.9. The fourth-order valence-electron chi connectivity index (χ4n) is 1.95. The smallest absolute Gasteiger partial charge is 0.0464 e. The summed E-state index contributed by atoms with van der Waals surface area (Å²) in [7, 11) is 0. The summed E-state index contributed by atoms with van der Waals surface area (Å²) in [5.41, 5.74) is 0.238. The number of aliphatic hydroxyl groups is 1. The van der Waals surface area contributed by atoms with Gasteiger partial charge in [0.15, 0.2) is 0 Å². The lowest BCUT2D eigenvalue weighted by Crippen LogP contribution is -2.32. The lowest BCUT2D eigenvalue weighted by Gasteiger charge is -2.31. The molecule has 0 spiro atoms. The monoisotopic (exact) mass is 255 g/mol. The molecule has 0 aliphatic rings. The number of unbranched alkanes of at least 4 members (excludes halogenated alkanes) is 2. The van der Waals surface area contributed by atoms with E-state index < -0.39 is 0 Å². The van der Waals surface area contributed by atoms with Gasteiger partial charge in [0.1, 0.15) is 0 Å². The number of aliphatic hydroxyl groups excluding tert-OH is 1. The van der Waals surface area contributed by atoms with Gasteiger partial charge in [0.25, 0.3) is 0 Å². The number of rotatable bonds is 7. The molecule has 1 unspecified atom stereocenters. The van der Waals surface area contributed by atoms with E-state index in [0.29, 0.717) is 12.6 Å². The first-order valence-electron chi connectivity index (χ1n) is 6.43. The standard InChI is InChI=1S/C14H25NOS/c1-14(2,3)13(12-8-7-11-17-12)15-9-5-4-6-10-16/h7-8,11,13,15-16H,4-6,9-10H2,1-3H3. The van der Waals surface area contributed by atoms with Gasteiger partial charge in [-0.15, -0.1) is 11.3 Å². The summed E-state index contributed by atoms with van der Waals surface area (Å²) in [6.07, 6.45) is 3.16. The number of nitrogens with one attached hydrogen (secondary N) is 1. The van der Waals surface area contributed by atoms with Crippen LogP contribution in [-0.4, -0.2) is 18.3 Å². The van der Waals surface area contributed by atoms with Crippen LogP contribution >= 0.6 is 11.3 Å². The molecule has 0 aliphatic carbocycles. The largest absolute Gasteiger partial charge is 0.396 e. The summed E-state index contributed by atoms with van der Waals surface area (Å²) in [4.78, 5) is 1.42. The molecule has 1 heterocycles. The summed E-state index contributed by atoms with van der Waals surface area (Å²) < 4.78 is 0. The maximum atomic E-state index is 8.74. The van der Waals surface area contributed by atoms with E-state index in [-0.39, 0.29) is 5.41 Å². The van der Waals surface area contributed by atoms with Crippen molar-refractivity contribution < 1.29 is 5.11 Å². The van der Waals surface area contributed by atoms with Gasteiger partial charge < -0.3 is 10.4 Å². The molecule has 0 radical (unpaired) electrons. The lowest BCUT2D eigenvalue weighted by atomic mass is 9.85. The highest BCUT2D eigenvalue weighted by atomic mass is 32.1. The SMILES string of the molecule is CC(C)(C)C(NCCCCCO)c1cccs1. The molecular weight excluding hydrogens is 230 g/mol. The van der Waals surface area contributed by atoms with Crippen molar-refractivity contribution >= 4 is 11.3 Å². The van der Waals surface area contributed by atoms with E-state index in [1.165, 1.54) is 4.88 Å². The highest BCUT2D eigenvalue weighted by Gasteiger charge is 2.26. The summed E-state index contributed by atoms with van der Waals surface area (Å²) in [5, 5.41) is 14.5. The summed E-state index contributed by atoms with van der Waals surface area (Å²) >= 11 is 1.82. The first kappa shape index (κ1) is 14.7. The van der Waals surface area contributed by atoms with Gasteiger partial charge in [0.05, 0.1) is 0 Å². The van der Waals surface area contributed by atoms with Crippen molar-refractivity contribution in [2.75, 3.05) is 13.2 Å². The van der Waals surface area contributed by atoms with E-state index in [2.05, 4.69) is 43.6 Å². The first-order valence-corrected chi connectivity index (χ1v) is 7.31. The van der Waals surface area contributed by atoms with E-state index in [1.54, 1.807) is 0 Å². The predicted molar refractivity (Wildman–Crippen MR) is 75.5 cm³/mol. The van der Waals surface area contributed by atoms with Gasteiger partial charge in [0.2, 0.25) is 0 Å². The fourth-order valence-corrected chi connectivity index (χ4v) is 2.99. The van der Waals surface area contributed by atoms with Crippen LogP contribution in [-0.2, 0) is 0 Å². The minimum Gasteiger partial charge on any atom is -0.396 e. The zero-order valence-electron chi connectivity index (χ0n) is 11.2. The Kier molecular flexibility index (Phi) is 6.17. The maximum Gasteiger partial charge on any atom is 0.0464 e. The first-order chi connectivity index (χ1) is 8.05. The van der Waals surface area contributed by atoms with Crippen molar-refractivity contribution in [2.45, 2.75) is 46.1 Å². The molecule has 0 fully saturated rings. The average Bonchev–Trinajstić information content (AvgIpc) is 2.74. The van der Waals surface area contributed by atoms with Crippen molar-refractivity contribution in [1.82, 2.24) is 5.32 Å². The minimum atomic E-state index is 0.238. The molecule has 1 aromatic heterocycles. The molecule has 0 aromatic carbocycles. The topological polar surface area (TPSA) is 32.3 Å². The van der Waals surface area contributed by atoms with Gasteiger partial charge in [-0.05, 0) is 42.7 Å². The second kappa shape index (κ2) is 7.14. The highest BCUT2D eigenvalue weighted by Crippen LogP contribution is 2.34. The lowest BCUT2D eigenvalue weighted by molar-refractivity contribution is 0.266. The Hall–Kier alpha value is -0.380.